The van der Waals surface area contributed by atoms with Gasteiger partial charge in [-0.05, 0) is 42.8 Å². The first kappa shape index (κ1) is 22.6. The summed E-state index contributed by atoms with van der Waals surface area (Å²) in [6.07, 6.45) is -0.725. The number of hydrogen-bond donors (Lipinski definition) is 0. The fraction of sp³-hybridized carbons (Fsp3) is 0.391. The van der Waals surface area contributed by atoms with Crippen LogP contribution in [0.3, 0.4) is 0 Å². The molecule has 28 heavy (non-hydrogen) atoms. The molecule has 0 aliphatic rings. The Morgan fingerprint density at radius 1 is 0.929 bits per heavy atom. The van der Waals surface area contributed by atoms with Crippen molar-refractivity contribution in [2.45, 2.75) is 56.8 Å². The highest BCUT2D eigenvalue weighted by molar-refractivity contribution is 8.13. The summed E-state index contributed by atoms with van der Waals surface area (Å²) in [6.45, 7) is 12.4. The average Bonchev–Trinajstić information content (AvgIpc) is 2.65. The van der Waals surface area contributed by atoms with Crippen LogP contribution in [0.5, 0.6) is 0 Å². The van der Waals surface area contributed by atoms with Crippen molar-refractivity contribution in [1.82, 2.24) is 0 Å². The molecule has 1 unspecified atom stereocenters. The Labute approximate surface area is 174 Å². The fourth-order valence-corrected chi connectivity index (χ4v) is 4.44. The predicted molar refractivity (Wildman–Crippen MR) is 119 cm³/mol. The van der Waals surface area contributed by atoms with Gasteiger partial charge in [0.1, 0.15) is 6.10 Å². The lowest BCUT2D eigenvalue weighted by molar-refractivity contribution is -0.134. The predicted octanol–water partition coefficient (Wildman–Crippen LogP) is 6.27. The van der Waals surface area contributed by atoms with Gasteiger partial charge in [0.25, 0.3) is 0 Å². The van der Waals surface area contributed by atoms with Crippen molar-refractivity contribution < 1.29 is 14.0 Å². The molecule has 2 aromatic carbocycles. The van der Waals surface area contributed by atoms with Crippen LogP contribution >= 0.6 is 11.8 Å². The first-order valence-electron chi connectivity index (χ1n) is 9.56. The first-order chi connectivity index (χ1) is 13.0. The Bertz CT molecular complexity index is 798. The van der Waals surface area contributed by atoms with Crippen molar-refractivity contribution in [3.63, 3.8) is 0 Å². The Morgan fingerprint density at radius 3 is 1.93 bits per heavy atom. The van der Waals surface area contributed by atoms with Crippen LogP contribution in [0.2, 0.25) is 18.1 Å². The summed E-state index contributed by atoms with van der Waals surface area (Å²) >= 11 is 1.11. The zero-order valence-corrected chi connectivity index (χ0v) is 19.4. The molecule has 0 saturated carbocycles. The second kappa shape index (κ2) is 9.20. The normalized spacial score (nSPS) is 14.4. The van der Waals surface area contributed by atoms with Crippen LogP contribution < -0.4 is 0 Å². The van der Waals surface area contributed by atoms with Crippen molar-refractivity contribution in [2.24, 2.45) is 5.92 Å². The largest absolute Gasteiger partial charge is 0.403 e. The van der Waals surface area contributed by atoms with Gasteiger partial charge in [0.05, 0.1) is 5.92 Å². The van der Waals surface area contributed by atoms with Gasteiger partial charge in [-0.3, -0.25) is 9.59 Å². The van der Waals surface area contributed by atoms with Gasteiger partial charge in [-0.2, -0.15) is 0 Å². The molecular formula is C23H30O3SSi. The highest BCUT2D eigenvalue weighted by atomic mass is 32.2. The van der Waals surface area contributed by atoms with E-state index in [9.17, 15) is 9.59 Å². The summed E-state index contributed by atoms with van der Waals surface area (Å²) in [5.41, 5.74) is 0.807. The molecule has 0 saturated heterocycles. The van der Waals surface area contributed by atoms with Gasteiger partial charge in [-0.25, -0.2) is 0 Å². The number of rotatable bonds is 7. The maximum absolute atomic E-state index is 13.3. The fourth-order valence-electron chi connectivity index (χ4n) is 2.43. The van der Waals surface area contributed by atoms with Crippen LogP contribution in [0.25, 0.3) is 0 Å². The number of carbonyl (C=O) groups excluding carboxylic acids is 2. The molecular weight excluding hydrogens is 384 g/mol. The van der Waals surface area contributed by atoms with E-state index in [-0.39, 0.29) is 15.9 Å². The third-order valence-corrected chi connectivity index (χ3v) is 10.8. The van der Waals surface area contributed by atoms with Crippen molar-refractivity contribution >= 4 is 31.0 Å². The number of Topliss-reactive ketones (excluding diaryl/α,β-unsaturated/α-hetero) is 1. The van der Waals surface area contributed by atoms with Crippen LogP contribution in [0.4, 0.5) is 0 Å². The van der Waals surface area contributed by atoms with E-state index in [1.54, 1.807) is 6.92 Å². The molecule has 0 N–H and O–H groups in total. The second-order valence-corrected chi connectivity index (χ2v) is 14.4. The molecule has 2 aromatic rings. The van der Waals surface area contributed by atoms with Gasteiger partial charge in [-0.15, -0.1) is 0 Å². The van der Waals surface area contributed by atoms with Crippen molar-refractivity contribution in [3.8, 4) is 0 Å². The van der Waals surface area contributed by atoms with E-state index >= 15 is 0 Å². The quantitative estimate of drug-likeness (QED) is 0.304. The molecule has 0 spiro atoms. The lowest BCUT2D eigenvalue weighted by Gasteiger charge is -2.39. The third kappa shape index (κ3) is 5.66. The molecule has 0 fully saturated rings. The maximum atomic E-state index is 13.3. The topological polar surface area (TPSA) is 43.4 Å². The van der Waals surface area contributed by atoms with Crippen LogP contribution in [-0.4, -0.2) is 19.2 Å². The standard InChI is InChI=1S/C23H30O3SSi/c1-17(22(25)27-19-15-11-8-12-16-19)20(24)21(18-13-9-7-10-14-18)26-28(5,6)23(2,3)4/h7-17,21H,1-6H3/t17?,21-/m1/s1. The summed E-state index contributed by atoms with van der Waals surface area (Å²) in [4.78, 5) is 26.9. The molecule has 0 aromatic heterocycles. The number of ketones is 1. The SMILES string of the molecule is CC(C(=O)Sc1ccccc1)C(=O)[C@H](O[Si](C)(C)C(C)(C)C)c1ccccc1. The summed E-state index contributed by atoms with van der Waals surface area (Å²) < 4.78 is 6.50. The Balaban J connectivity index is 2.27. The maximum Gasteiger partial charge on any atom is 0.203 e. The third-order valence-electron chi connectivity index (χ3n) is 5.32. The van der Waals surface area contributed by atoms with E-state index in [0.29, 0.717) is 0 Å². The summed E-state index contributed by atoms with van der Waals surface area (Å²) in [7, 11) is -2.21. The lowest BCUT2D eigenvalue weighted by Crippen LogP contribution is -2.44. The minimum absolute atomic E-state index is 0.0354. The van der Waals surface area contributed by atoms with Crippen LogP contribution in [0.1, 0.15) is 39.4 Å². The van der Waals surface area contributed by atoms with Gasteiger partial charge >= 0.3 is 0 Å². The highest BCUT2D eigenvalue weighted by Gasteiger charge is 2.42. The van der Waals surface area contributed by atoms with Crippen molar-refractivity contribution in [2.75, 3.05) is 0 Å². The van der Waals surface area contributed by atoms with Gasteiger partial charge < -0.3 is 4.43 Å². The molecule has 0 amide bonds. The Hall–Kier alpha value is -1.69. The van der Waals surface area contributed by atoms with E-state index in [1.807, 2.05) is 60.7 Å². The molecule has 3 nitrogen and oxygen atoms in total. The van der Waals surface area contributed by atoms with Gasteiger partial charge in [0, 0.05) is 4.90 Å². The molecule has 0 bridgehead atoms. The number of carbonyl (C=O) groups is 2. The summed E-state index contributed by atoms with van der Waals surface area (Å²) in [5, 5.41) is -0.192. The molecule has 150 valence electrons. The van der Waals surface area contributed by atoms with Crippen LogP contribution in [-0.2, 0) is 14.0 Å². The van der Waals surface area contributed by atoms with Gasteiger partial charge in [-0.1, -0.05) is 81.1 Å². The molecule has 2 rings (SSSR count). The number of benzene rings is 2. The number of hydrogen-bond acceptors (Lipinski definition) is 4. The highest BCUT2D eigenvalue weighted by Crippen LogP contribution is 2.40. The molecule has 2 atom stereocenters. The zero-order valence-electron chi connectivity index (χ0n) is 17.6. The van der Waals surface area contributed by atoms with E-state index < -0.39 is 20.3 Å². The zero-order chi connectivity index (χ0) is 20.9. The van der Waals surface area contributed by atoms with E-state index in [4.69, 9.17) is 4.43 Å². The minimum atomic E-state index is -2.21. The van der Waals surface area contributed by atoms with Crippen LogP contribution in [0, 0.1) is 5.92 Å². The smallest absolute Gasteiger partial charge is 0.203 e. The minimum Gasteiger partial charge on any atom is -0.403 e. The molecule has 0 radical (unpaired) electrons. The van der Waals surface area contributed by atoms with Crippen molar-refractivity contribution in [3.05, 3.63) is 66.2 Å². The monoisotopic (exact) mass is 414 g/mol. The molecule has 0 aliphatic heterocycles. The lowest BCUT2D eigenvalue weighted by atomic mass is 9.97. The molecule has 0 heterocycles. The average molecular weight is 415 g/mol. The summed E-state index contributed by atoms with van der Waals surface area (Å²) in [6, 6.07) is 18.9. The second-order valence-electron chi connectivity index (χ2n) is 8.53. The van der Waals surface area contributed by atoms with E-state index in [0.717, 1.165) is 22.2 Å². The Morgan fingerprint density at radius 2 is 1.43 bits per heavy atom. The summed E-state index contributed by atoms with van der Waals surface area (Å²) in [5.74, 6) is -0.926. The van der Waals surface area contributed by atoms with Crippen LogP contribution in [0.15, 0.2) is 65.6 Å². The number of thioether (sulfide) groups is 1. The molecule has 0 aliphatic carbocycles. The van der Waals surface area contributed by atoms with Crippen molar-refractivity contribution in [1.29, 1.82) is 0 Å². The van der Waals surface area contributed by atoms with E-state index in [1.165, 1.54) is 0 Å². The van der Waals surface area contributed by atoms with Gasteiger partial charge in [0.2, 0.25) is 5.12 Å². The Kier molecular flexibility index (Phi) is 7.43. The molecule has 5 heteroatoms. The van der Waals surface area contributed by atoms with Gasteiger partial charge in [0.15, 0.2) is 14.1 Å². The van der Waals surface area contributed by atoms with E-state index in [2.05, 4.69) is 33.9 Å². The first-order valence-corrected chi connectivity index (χ1v) is 13.3.